The van der Waals surface area contributed by atoms with Gasteiger partial charge in [0.15, 0.2) is 0 Å². The minimum absolute atomic E-state index is 0.193. The lowest BCUT2D eigenvalue weighted by molar-refractivity contribution is -0.179. The second kappa shape index (κ2) is 7.85. The molecule has 1 fully saturated rings. The summed E-state index contributed by atoms with van der Waals surface area (Å²) in [6.07, 6.45) is -1.23. The molecule has 0 bridgehead atoms. The highest BCUT2D eigenvalue weighted by Crippen LogP contribution is 2.34. The maximum absolute atomic E-state index is 10.4. The number of hydrogen-bond donors (Lipinski definition) is 3. The number of rotatable bonds is 4. The Morgan fingerprint density at radius 3 is 2.46 bits per heavy atom. The van der Waals surface area contributed by atoms with Crippen LogP contribution in [-0.2, 0) is 4.74 Å². The zero-order valence-corrected chi connectivity index (χ0v) is 15.5. The molecule has 6 heteroatoms. The van der Waals surface area contributed by atoms with Crippen molar-refractivity contribution in [3.63, 3.8) is 0 Å². The highest BCUT2D eigenvalue weighted by atomic mass is 16.5. The predicted octanol–water partition coefficient (Wildman–Crippen LogP) is 2.86. The van der Waals surface area contributed by atoms with Crippen molar-refractivity contribution in [3.8, 4) is 22.6 Å². The Morgan fingerprint density at radius 2 is 1.79 bits per heavy atom. The predicted molar refractivity (Wildman–Crippen MR) is 103 cm³/mol. The molecule has 2 heterocycles. The van der Waals surface area contributed by atoms with Crippen molar-refractivity contribution in [2.24, 2.45) is 0 Å². The third-order valence-electron chi connectivity index (χ3n) is 5.05. The first-order valence-corrected chi connectivity index (χ1v) is 9.31. The largest absolute Gasteiger partial charge is 0.441 e. The Hall–Kier alpha value is -2.51. The average molecular weight is 381 g/mol. The summed E-state index contributed by atoms with van der Waals surface area (Å²) in [6.45, 7) is 1.66. The van der Waals surface area contributed by atoms with Gasteiger partial charge in [-0.3, -0.25) is 0 Å². The van der Waals surface area contributed by atoms with E-state index in [-0.39, 0.29) is 13.0 Å². The fourth-order valence-corrected chi connectivity index (χ4v) is 3.54. The number of hydrogen-bond acceptors (Lipinski definition) is 6. The van der Waals surface area contributed by atoms with E-state index in [2.05, 4.69) is 4.98 Å². The Balaban J connectivity index is 1.60. The molecular formula is C22H23NO5. The van der Waals surface area contributed by atoms with Gasteiger partial charge in [0.25, 0.3) is 0 Å². The van der Waals surface area contributed by atoms with Gasteiger partial charge in [0, 0.05) is 12.0 Å². The van der Waals surface area contributed by atoms with E-state index in [9.17, 15) is 15.3 Å². The van der Waals surface area contributed by atoms with Crippen LogP contribution < -0.4 is 0 Å². The van der Waals surface area contributed by atoms with E-state index in [0.717, 1.165) is 28.0 Å². The van der Waals surface area contributed by atoms with Gasteiger partial charge < -0.3 is 24.5 Å². The number of aliphatic hydroxyl groups is 3. The number of benzene rings is 2. The summed E-state index contributed by atoms with van der Waals surface area (Å²) in [7, 11) is 0. The van der Waals surface area contributed by atoms with Gasteiger partial charge >= 0.3 is 0 Å². The SMILES string of the molecule is Cc1cnc(-c2ccc(-c3cccc([C@H]4OC(CO)CC(O)C4O)c3)cc2)o1. The summed E-state index contributed by atoms with van der Waals surface area (Å²) in [6, 6.07) is 15.5. The molecule has 1 aliphatic rings. The van der Waals surface area contributed by atoms with E-state index in [1.54, 1.807) is 6.20 Å². The molecule has 1 aliphatic heterocycles. The normalized spacial score (nSPS) is 25.0. The number of ether oxygens (including phenoxy) is 1. The Labute approximate surface area is 163 Å². The Morgan fingerprint density at radius 1 is 1.04 bits per heavy atom. The quantitative estimate of drug-likeness (QED) is 0.643. The molecule has 146 valence electrons. The molecule has 4 atom stereocenters. The number of aryl methyl sites for hydroxylation is 1. The maximum Gasteiger partial charge on any atom is 0.226 e. The molecule has 1 aromatic heterocycles. The van der Waals surface area contributed by atoms with Crippen LogP contribution in [0.25, 0.3) is 22.6 Å². The summed E-state index contributed by atoms with van der Waals surface area (Å²) in [5.74, 6) is 1.35. The van der Waals surface area contributed by atoms with E-state index < -0.39 is 24.4 Å². The molecule has 0 amide bonds. The van der Waals surface area contributed by atoms with Gasteiger partial charge in [0.1, 0.15) is 18.0 Å². The van der Waals surface area contributed by atoms with Gasteiger partial charge in [0.2, 0.25) is 5.89 Å². The smallest absolute Gasteiger partial charge is 0.226 e. The van der Waals surface area contributed by atoms with Gasteiger partial charge in [-0.25, -0.2) is 4.98 Å². The van der Waals surface area contributed by atoms with E-state index in [0.29, 0.717) is 5.89 Å². The summed E-state index contributed by atoms with van der Waals surface area (Å²) in [5, 5.41) is 29.8. The van der Waals surface area contributed by atoms with Crippen LogP contribution in [0, 0.1) is 6.92 Å². The fraction of sp³-hybridized carbons (Fsp3) is 0.318. The Kier molecular flexibility index (Phi) is 5.28. The zero-order chi connectivity index (χ0) is 19.7. The first kappa shape index (κ1) is 18.8. The van der Waals surface area contributed by atoms with Gasteiger partial charge in [-0.15, -0.1) is 0 Å². The first-order chi connectivity index (χ1) is 13.5. The van der Waals surface area contributed by atoms with Crippen molar-refractivity contribution in [3.05, 3.63) is 66.1 Å². The van der Waals surface area contributed by atoms with Crippen LogP contribution in [-0.4, -0.2) is 45.2 Å². The fourth-order valence-electron chi connectivity index (χ4n) is 3.54. The monoisotopic (exact) mass is 381 g/mol. The third-order valence-corrected chi connectivity index (χ3v) is 5.05. The molecule has 28 heavy (non-hydrogen) atoms. The molecule has 0 aliphatic carbocycles. The molecule has 3 N–H and O–H groups in total. The van der Waals surface area contributed by atoms with Crippen LogP contribution in [0.15, 0.2) is 59.1 Å². The number of aliphatic hydroxyl groups excluding tert-OH is 3. The first-order valence-electron chi connectivity index (χ1n) is 9.31. The lowest BCUT2D eigenvalue weighted by Gasteiger charge is -2.37. The van der Waals surface area contributed by atoms with Gasteiger partial charge in [0.05, 0.1) is 25.0 Å². The summed E-state index contributed by atoms with van der Waals surface area (Å²) >= 11 is 0. The third kappa shape index (κ3) is 3.72. The van der Waals surface area contributed by atoms with Crippen LogP contribution in [0.1, 0.15) is 23.8 Å². The number of oxazole rings is 1. The van der Waals surface area contributed by atoms with E-state index in [1.165, 1.54) is 0 Å². The van der Waals surface area contributed by atoms with E-state index in [4.69, 9.17) is 9.15 Å². The van der Waals surface area contributed by atoms with E-state index in [1.807, 2.05) is 55.5 Å². The molecule has 2 aromatic carbocycles. The molecule has 6 nitrogen and oxygen atoms in total. The van der Waals surface area contributed by atoms with Crippen molar-refractivity contribution in [2.45, 2.75) is 37.8 Å². The summed E-state index contributed by atoms with van der Waals surface area (Å²) < 4.78 is 11.4. The minimum Gasteiger partial charge on any atom is -0.441 e. The zero-order valence-electron chi connectivity index (χ0n) is 15.5. The topological polar surface area (TPSA) is 96.0 Å². The highest BCUT2D eigenvalue weighted by molar-refractivity contribution is 5.68. The second-order valence-corrected chi connectivity index (χ2v) is 7.13. The second-order valence-electron chi connectivity index (χ2n) is 7.13. The molecule has 3 unspecified atom stereocenters. The van der Waals surface area contributed by atoms with Crippen molar-refractivity contribution in [1.82, 2.24) is 4.98 Å². The molecule has 0 saturated carbocycles. The van der Waals surface area contributed by atoms with Crippen LogP contribution in [0.4, 0.5) is 0 Å². The van der Waals surface area contributed by atoms with Crippen LogP contribution in [0.3, 0.4) is 0 Å². The standard InChI is InChI=1S/C22H23NO5/c1-13-11-23-22(27-13)15-7-5-14(6-8-15)16-3-2-4-17(9-16)21-20(26)19(25)10-18(12-24)28-21/h2-9,11,18-21,24-26H,10,12H2,1H3/t18?,19?,20?,21-/m1/s1. The molecule has 3 aromatic rings. The minimum atomic E-state index is -1.03. The van der Waals surface area contributed by atoms with Gasteiger partial charge in [-0.1, -0.05) is 30.3 Å². The lowest BCUT2D eigenvalue weighted by Crippen LogP contribution is -2.44. The highest BCUT2D eigenvalue weighted by Gasteiger charge is 2.37. The van der Waals surface area contributed by atoms with E-state index >= 15 is 0 Å². The molecule has 0 radical (unpaired) electrons. The molecule has 4 rings (SSSR count). The van der Waals surface area contributed by atoms with Crippen molar-refractivity contribution in [1.29, 1.82) is 0 Å². The molecular weight excluding hydrogens is 358 g/mol. The number of nitrogens with zero attached hydrogens (tertiary/aromatic N) is 1. The van der Waals surface area contributed by atoms with Gasteiger partial charge in [-0.2, -0.15) is 0 Å². The average Bonchev–Trinajstić information content (AvgIpc) is 3.16. The van der Waals surface area contributed by atoms with Gasteiger partial charge in [-0.05, 0) is 41.8 Å². The van der Waals surface area contributed by atoms with Crippen molar-refractivity contribution < 1.29 is 24.5 Å². The van der Waals surface area contributed by atoms with Crippen molar-refractivity contribution >= 4 is 0 Å². The summed E-state index contributed by atoms with van der Waals surface area (Å²) in [4.78, 5) is 4.24. The summed E-state index contributed by atoms with van der Waals surface area (Å²) in [5.41, 5.74) is 3.62. The van der Waals surface area contributed by atoms with Crippen molar-refractivity contribution in [2.75, 3.05) is 6.61 Å². The lowest BCUT2D eigenvalue weighted by atomic mass is 9.91. The molecule has 1 saturated heterocycles. The number of aromatic nitrogens is 1. The van der Waals surface area contributed by atoms with Crippen LogP contribution >= 0.6 is 0 Å². The van der Waals surface area contributed by atoms with Crippen LogP contribution in [0.2, 0.25) is 0 Å². The molecule has 0 spiro atoms. The van der Waals surface area contributed by atoms with Crippen LogP contribution in [0.5, 0.6) is 0 Å². The Bertz CT molecular complexity index is 936. The maximum atomic E-state index is 10.4.